The summed E-state index contributed by atoms with van der Waals surface area (Å²) in [6, 6.07) is 1.67. The number of rotatable bonds is 4. The van der Waals surface area contributed by atoms with Gasteiger partial charge in [0.25, 0.3) is 5.91 Å². The van der Waals surface area contributed by atoms with E-state index in [2.05, 4.69) is 29.3 Å². The monoisotopic (exact) mass is 317 g/mol. The molecule has 2 unspecified atom stereocenters. The number of hydrogen-bond donors (Lipinski definition) is 1. The van der Waals surface area contributed by atoms with E-state index in [0.717, 1.165) is 24.5 Å². The van der Waals surface area contributed by atoms with Crippen LogP contribution in [-0.2, 0) is 7.05 Å². The minimum absolute atomic E-state index is 0.103. The Morgan fingerprint density at radius 3 is 3.09 bits per heavy atom. The number of hydrogen-bond acceptors (Lipinski definition) is 5. The molecule has 0 aromatic carbocycles. The van der Waals surface area contributed by atoms with E-state index in [1.54, 1.807) is 12.3 Å². The molecule has 0 bridgehead atoms. The van der Waals surface area contributed by atoms with Gasteiger partial charge in [0.15, 0.2) is 0 Å². The fraction of sp³-hybridized carbons (Fsp3) is 0.562. The molecule has 0 spiro atoms. The molecule has 3 rings (SSSR count). The van der Waals surface area contributed by atoms with Crippen LogP contribution in [0.15, 0.2) is 23.0 Å². The Labute approximate surface area is 135 Å². The van der Waals surface area contributed by atoms with Crippen molar-refractivity contribution in [2.24, 2.45) is 7.05 Å². The van der Waals surface area contributed by atoms with Crippen LogP contribution in [0.5, 0.6) is 0 Å². The molecule has 0 saturated carbocycles. The van der Waals surface area contributed by atoms with Crippen molar-refractivity contribution < 1.29 is 9.32 Å². The number of carbonyl (C=O) groups excluding carboxylic acids is 1. The molecule has 2 atom stereocenters. The van der Waals surface area contributed by atoms with Gasteiger partial charge in [-0.1, -0.05) is 19.0 Å². The number of carbonyl (C=O) groups is 1. The Bertz CT molecular complexity index is 678. The highest BCUT2D eigenvalue weighted by atomic mass is 16.5. The molecule has 0 aliphatic carbocycles. The van der Waals surface area contributed by atoms with Gasteiger partial charge >= 0.3 is 0 Å². The van der Waals surface area contributed by atoms with E-state index in [1.807, 2.05) is 22.7 Å². The van der Waals surface area contributed by atoms with E-state index < -0.39 is 0 Å². The Morgan fingerprint density at radius 2 is 2.39 bits per heavy atom. The van der Waals surface area contributed by atoms with Crippen molar-refractivity contribution in [3.8, 4) is 0 Å². The number of aromatic nitrogens is 3. The molecule has 7 heteroatoms. The van der Waals surface area contributed by atoms with Crippen LogP contribution in [0.25, 0.3) is 0 Å². The van der Waals surface area contributed by atoms with Gasteiger partial charge in [-0.05, 0) is 6.42 Å². The van der Waals surface area contributed by atoms with Gasteiger partial charge < -0.3 is 19.3 Å². The van der Waals surface area contributed by atoms with Crippen molar-refractivity contribution in [2.45, 2.75) is 32.2 Å². The van der Waals surface area contributed by atoms with E-state index >= 15 is 0 Å². The second kappa shape index (κ2) is 6.54. The maximum atomic E-state index is 12.9. The average Bonchev–Trinajstić information content (AvgIpc) is 3.22. The van der Waals surface area contributed by atoms with Crippen molar-refractivity contribution in [2.75, 3.05) is 19.6 Å². The number of nitrogens with one attached hydrogen (secondary N) is 1. The Hall–Kier alpha value is -2.15. The summed E-state index contributed by atoms with van der Waals surface area (Å²) in [5.74, 6) is 1.34. The smallest absolute Gasteiger partial charge is 0.293 e. The van der Waals surface area contributed by atoms with Gasteiger partial charge in [-0.2, -0.15) is 0 Å². The van der Waals surface area contributed by atoms with Crippen LogP contribution in [0, 0.1) is 0 Å². The molecule has 124 valence electrons. The van der Waals surface area contributed by atoms with Crippen molar-refractivity contribution in [1.29, 1.82) is 0 Å². The van der Waals surface area contributed by atoms with E-state index in [-0.39, 0.29) is 17.9 Å². The first-order valence-electron chi connectivity index (χ1n) is 8.07. The van der Waals surface area contributed by atoms with Gasteiger partial charge in [0.05, 0.1) is 5.69 Å². The Kier molecular flexibility index (Phi) is 4.47. The summed E-state index contributed by atoms with van der Waals surface area (Å²) >= 11 is 0. The zero-order valence-electron chi connectivity index (χ0n) is 13.8. The van der Waals surface area contributed by atoms with Crippen molar-refractivity contribution in [3.05, 3.63) is 35.7 Å². The number of imidazole rings is 1. The number of amides is 1. The quantitative estimate of drug-likeness (QED) is 0.929. The fourth-order valence-corrected chi connectivity index (χ4v) is 2.85. The summed E-state index contributed by atoms with van der Waals surface area (Å²) in [7, 11) is 1.94. The third-order valence-corrected chi connectivity index (χ3v) is 4.52. The summed E-state index contributed by atoms with van der Waals surface area (Å²) in [6.45, 7) is 6.24. The lowest BCUT2D eigenvalue weighted by atomic mass is 10.1. The van der Waals surface area contributed by atoms with E-state index in [4.69, 9.17) is 4.52 Å². The first-order chi connectivity index (χ1) is 11.1. The zero-order valence-corrected chi connectivity index (χ0v) is 13.8. The molecular formula is C16H23N5O2. The van der Waals surface area contributed by atoms with Gasteiger partial charge in [-0.25, -0.2) is 4.98 Å². The summed E-state index contributed by atoms with van der Waals surface area (Å²) < 4.78 is 7.26. The molecule has 2 aromatic heterocycles. The Balaban J connectivity index is 1.84. The lowest BCUT2D eigenvalue weighted by molar-refractivity contribution is 0.0578. The van der Waals surface area contributed by atoms with Gasteiger partial charge in [0.1, 0.15) is 11.9 Å². The first kappa shape index (κ1) is 15.7. The summed E-state index contributed by atoms with van der Waals surface area (Å²) in [5, 5.41) is 7.37. The van der Waals surface area contributed by atoms with Crippen LogP contribution in [0.3, 0.4) is 0 Å². The van der Waals surface area contributed by atoms with Crippen molar-refractivity contribution in [1.82, 2.24) is 24.9 Å². The predicted molar refractivity (Wildman–Crippen MR) is 85.1 cm³/mol. The maximum absolute atomic E-state index is 12.9. The van der Waals surface area contributed by atoms with E-state index in [0.29, 0.717) is 18.8 Å². The highest BCUT2D eigenvalue weighted by Crippen LogP contribution is 2.24. The van der Waals surface area contributed by atoms with Crippen LogP contribution >= 0.6 is 0 Å². The molecule has 1 aliphatic rings. The second-order valence-corrected chi connectivity index (χ2v) is 6.04. The molecule has 3 heterocycles. The molecule has 1 fully saturated rings. The van der Waals surface area contributed by atoms with Crippen molar-refractivity contribution in [3.63, 3.8) is 0 Å². The first-order valence-corrected chi connectivity index (χ1v) is 8.07. The van der Waals surface area contributed by atoms with Gasteiger partial charge in [0.2, 0.25) is 5.76 Å². The summed E-state index contributed by atoms with van der Waals surface area (Å²) in [6.07, 6.45) is 4.61. The van der Waals surface area contributed by atoms with Crippen LogP contribution < -0.4 is 5.32 Å². The lowest BCUT2D eigenvalue weighted by Gasteiger charge is -2.35. The van der Waals surface area contributed by atoms with Crippen molar-refractivity contribution >= 4 is 5.91 Å². The average molecular weight is 317 g/mol. The standard InChI is InChI=1S/C16H23N5O2/c1-4-11(2)12-9-14(23-19-12)16(22)21-8-5-17-10-13(21)15-18-6-7-20(15)3/h6-7,9,11,13,17H,4-5,8,10H2,1-3H3. The van der Waals surface area contributed by atoms with Gasteiger partial charge in [0, 0.05) is 51.1 Å². The molecule has 1 N–H and O–H groups in total. The molecule has 2 aromatic rings. The summed E-state index contributed by atoms with van der Waals surface area (Å²) in [5.41, 5.74) is 0.833. The second-order valence-electron chi connectivity index (χ2n) is 6.04. The minimum Gasteiger partial charge on any atom is -0.351 e. The SMILES string of the molecule is CCC(C)c1cc(C(=O)N2CCNCC2c2nccn2C)on1. The van der Waals surface area contributed by atoms with Crippen LogP contribution in [0.2, 0.25) is 0 Å². The van der Waals surface area contributed by atoms with Crippen LogP contribution in [-0.4, -0.2) is 45.1 Å². The van der Waals surface area contributed by atoms with Gasteiger partial charge in [-0.3, -0.25) is 4.79 Å². The van der Waals surface area contributed by atoms with Crippen LogP contribution in [0.1, 0.15) is 54.3 Å². The molecule has 1 amide bonds. The molecule has 7 nitrogen and oxygen atoms in total. The largest absolute Gasteiger partial charge is 0.351 e. The molecule has 1 aliphatic heterocycles. The number of aryl methyl sites for hydroxylation is 1. The van der Waals surface area contributed by atoms with Gasteiger partial charge in [-0.15, -0.1) is 0 Å². The number of piperazine rings is 1. The fourth-order valence-electron chi connectivity index (χ4n) is 2.85. The van der Waals surface area contributed by atoms with E-state index in [1.165, 1.54) is 0 Å². The normalized spacial score (nSPS) is 19.8. The molecule has 0 radical (unpaired) electrons. The molecule has 23 heavy (non-hydrogen) atoms. The zero-order chi connectivity index (χ0) is 16.4. The highest BCUT2D eigenvalue weighted by molar-refractivity contribution is 5.91. The summed E-state index contributed by atoms with van der Waals surface area (Å²) in [4.78, 5) is 19.1. The number of nitrogens with zero attached hydrogens (tertiary/aromatic N) is 4. The van der Waals surface area contributed by atoms with E-state index in [9.17, 15) is 4.79 Å². The maximum Gasteiger partial charge on any atom is 0.293 e. The highest BCUT2D eigenvalue weighted by Gasteiger charge is 2.33. The Morgan fingerprint density at radius 1 is 1.57 bits per heavy atom. The predicted octanol–water partition coefficient (Wildman–Crippen LogP) is 1.71. The third kappa shape index (κ3) is 3.01. The molecular weight excluding hydrogens is 294 g/mol. The molecule has 1 saturated heterocycles. The lowest BCUT2D eigenvalue weighted by Crippen LogP contribution is -2.49. The van der Waals surface area contributed by atoms with Crippen LogP contribution in [0.4, 0.5) is 0 Å². The third-order valence-electron chi connectivity index (χ3n) is 4.52. The topological polar surface area (TPSA) is 76.2 Å². The minimum atomic E-state index is -0.124.